The van der Waals surface area contributed by atoms with Crippen molar-refractivity contribution in [2.24, 2.45) is 5.92 Å². The summed E-state index contributed by atoms with van der Waals surface area (Å²) in [6.45, 7) is 8.12. The van der Waals surface area contributed by atoms with Gasteiger partial charge in [-0.15, -0.1) is 0 Å². The molecule has 5 heteroatoms. The van der Waals surface area contributed by atoms with Gasteiger partial charge in [0.05, 0.1) is 6.61 Å². The minimum absolute atomic E-state index is 0.411. The quantitative estimate of drug-likeness (QED) is 0.697. The first-order chi connectivity index (χ1) is 9.15. The molecule has 1 rings (SSSR count). The van der Waals surface area contributed by atoms with Gasteiger partial charge in [-0.25, -0.2) is 4.98 Å². The van der Waals surface area contributed by atoms with Crippen molar-refractivity contribution >= 4 is 5.82 Å². The maximum Gasteiger partial charge on any atom is 0.218 e. The lowest BCUT2D eigenvalue weighted by molar-refractivity contribution is 0.127. The molecule has 0 aliphatic carbocycles. The molecule has 0 fully saturated rings. The monoisotopic (exact) mass is 267 g/mol. The Hall–Kier alpha value is -1.36. The summed E-state index contributed by atoms with van der Waals surface area (Å²) >= 11 is 0. The second-order valence-electron chi connectivity index (χ2n) is 4.78. The molecule has 0 aliphatic heterocycles. The molecule has 5 nitrogen and oxygen atoms in total. The second-order valence-corrected chi connectivity index (χ2v) is 4.78. The van der Waals surface area contributed by atoms with Gasteiger partial charge < -0.3 is 14.8 Å². The van der Waals surface area contributed by atoms with E-state index in [1.54, 1.807) is 0 Å². The van der Waals surface area contributed by atoms with Crippen molar-refractivity contribution in [2.45, 2.75) is 40.2 Å². The highest BCUT2D eigenvalue weighted by molar-refractivity contribution is 5.37. The maximum absolute atomic E-state index is 5.67. The van der Waals surface area contributed by atoms with Crippen LogP contribution in [0, 0.1) is 5.92 Å². The maximum atomic E-state index is 5.67. The fourth-order valence-electron chi connectivity index (χ4n) is 1.60. The van der Waals surface area contributed by atoms with Crippen LogP contribution in [-0.4, -0.2) is 30.2 Å². The third-order valence-corrected chi connectivity index (χ3v) is 2.62. The molecule has 0 atom stereocenters. The van der Waals surface area contributed by atoms with Gasteiger partial charge in [-0.1, -0.05) is 13.8 Å². The molecule has 19 heavy (non-hydrogen) atoms. The van der Waals surface area contributed by atoms with Crippen LogP contribution in [0.1, 0.15) is 39.4 Å². The molecule has 0 aromatic carbocycles. The summed E-state index contributed by atoms with van der Waals surface area (Å²) in [4.78, 5) is 8.66. The Morgan fingerprint density at radius 2 is 2.11 bits per heavy atom. The van der Waals surface area contributed by atoms with Gasteiger partial charge in [-0.05, 0) is 25.7 Å². The van der Waals surface area contributed by atoms with E-state index in [1.165, 1.54) is 0 Å². The van der Waals surface area contributed by atoms with E-state index in [9.17, 15) is 0 Å². The average molecular weight is 267 g/mol. The van der Waals surface area contributed by atoms with Crippen LogP contribution in [0.5, 0.6) is 5.88 Å². The second kappa shape index (κ2) is 8.69. The lowest BCUT2D eigenvalue weighted by Gasteiger charge is -2.10. The van der Waals surface area contributed by atoms with Crippen LogP contribution in [0.4, 0.5) is 5.82 Å². The zero-order valence-corrected chi connectivity index (χ0v) is 12.4. The van der Waals surface area contributed by atoms with Crippen LogP contribution in [0.2, 0.25) is 0 Å². The van der Waals surface area contributed by atoms with Crippen LogP contribution in [0.15, 0.2) is 6.07 Å². The number of aromatic nitrogens is 2. The van der Waals surface area contributed by atoms with Crippen LogP contribution in [0.3, 0.4) is 0 Å². The Bertz CT molecular complexity index is 370. The lowest BCUT2D eigenvalue weighted by Crippen LogP contribution is -2.07. The normalized spacial score (nSPS) is 10.8. The Kier molecular flexibility index (Phi) is 7.18. The van der Waals surface area contributed by atoms with Crippen molar-refractivity contribution in [3.63, 3.8) is 0 Å². The highest BCUT2D eigenvalue weighted by atomic mass is 16.5. The van der Waals surface area contributed by atoms with Crippen molar-refractivity contribution < 1.29 is 9.47 Å². The molecule has 0 bridgehead atoms. The van der Waals surface area contributed by atoms with Gasteiger partial charge in [0.15, 0.2) is 5.82 Å². The van der Waals surface area contributed by atoms with E-state index in [2.05, 4.69) is 29.1 Å². The van der Waals surface area contributed by atoms with E-state index < -0.39 is 0 Å². The fraction of sp³-hybridized carbons (Fsp3) is 0.714. The standard InChI is InChI=1S/C14H25N3O2/c1-5-18-10-13-16-12(15-4)9-14(17-13)19-8-6-7-11(2)3/h9,11H,5-8,10H2,1-4H3,(H,15,16,17). The number of nitrogens with zero attached hydrogens (tertiary/aromatic N) is 2. The number of hydrogen-bond donors (Lipinski definition) is 1. The van der Waals surface area contributed by atoms with E-state index in [-0.39, 0.29) is 0 Å². The third-order valence-electron chi connectivity index (χ3n) is 2.62. The van der Waals surface area contributed by atoms with Crippen molar-refractivity contribution in [3.05, 3.63) is 11.9 Å². The Morgan fingerprint density at radius 1 is 1.32 bits per heavy atom. The SMILES string of the molecule is CCOCc1nc(NC)cc(OCCCC(C)C)n1. The molecule has 0 aliphatic rings. The molecule has 0 spiro atoms. The lowest BCUT2D eigenvalue weighted by atomic mass is 10.1. The molecule has 1 heterocycles. The molecular formula is C14H25N3O2. The fourth-order valence-corrected chi connectivity index (χ4v) is 1.60. The van der Waals surface area contributed by atoms with Crippen molar-refractivity contribution in [2.75, 3.05) is 25.6 Å². The average Bonchev–Trinajstić information content (AvgIpc) is 2.41. The topological polar surface area (TPSA) is 56.3 Å². The van der Waals surface area contributed by atoms with Crippen LogP contribution in [0.25, 0.3) is 0 Å². The minimum Gasteiger partial charge on any atom is -0.478 e. The minimum atomic E-state index is 0.411. The number of hydrogen-bond acceptors (Lipinski definition) is 5. The zero-order valence-electron chi connectivity index (χ0n) is 12.4. The molecule has 0 radical (unpaired) electrons. The van der Waals surface area contributed by atoms with Gasteiger partial charge in [0.1, 0.15) is 12.4 Å². The molecule has 0 amide bonds. The van der Waals surface area contributed by atoms with Gasteiger partial charge in [0.25, 0.3) is 0 Å². The van der Waals surface area contributed by atoms with E-state index in [0.717, 1.165) is 18.7 Å². The van der Waals surface area contributed by atoms with Crippen LogP contribution < -0.4 is 10.1 Å². The van der Waals surface area contributed by atoms with Gasteiger partial charge >= 0.3 is 0 Å². The molecule has 0 unspecified atom stereocenters. The number of rotatable bonds is 9. The summed E-state index contributed by atoms with van der Waals surface area (Å²) in [6.07, 6.45) is 2.20. The summed E-state index contributed by atoms with van der Waals surface area (Å²) in [5.74, 6) is 2.71. The molecule has 108 valence electrons. The van der Waals surface area contributed by atoms with Crippen molar-refractivity contribution in [3.8, 4) is 5.88 Å². The number of nitrogens with one attached hydrogen (secondary N) is 1. The van der Waals surface area contributed by atoms with Crippen molar-refractivity contribution in [1.29, 1.82) is 0 Å². The largest absolute Gasteiger partial charge is 0.478 e. The first-order valence-electron chi connectivity index (χ1n) is 6.92. The van der Waals surface area contributed by atoms with E-state index in [4.69, 9.17) is 9.47 Å². The predicted octanol–water partition coefficient (Wildman–Crippen LogP) is 2.87. The van der Waals surface area contributed by atoms with Crippen molar-refractivity contribution in [1.82, 2.24) is 9.97 Å². The Balaban J connectivity index is 2.55. The molecule has 1 aromatic rings. The summed E-state index contributed by atoms with van der Waals surface area (Å²) in [7, 11) is 1.83. The van der Waals surface area contributed by atoms with Gasteiger partial charge in [-0.3, -0.25) is 0 Å². The zero-order chi connectivity index (χ0) is 14.1. The molecule has 1 aromatic heterocycles. The number of ether oxygens (including phenoxy) is 2. The first-order valence-corrected chi connectivity index (χ1v) is 6.92. The van der Waals surface area contributed by atoms with E-state index in [0.29, 0.717) is 37.4 Å². The van der Waals surface area contributed by atoms with Gasteiger partial charge in [0, 0.05) is 19.7 Å². The number of anilines is 1. The molecular weight excluding hydrogens is 242 g/mol. The first kappa shape index (κ1) is 15.7. The summed E-state index contributed by atoms with van der Waals surface area (Å²) in [5.41, 5.74) is 0. The molecule has 1 N–H and O–H groups in total. The Morgan fingerprint density at radius 3 is 2.74 bits per heavy atom. The molecule has 0 saturated heterocycles. The third kappa shape index (κ3) is 6.38. The summed E-state index contributed by atoms with van der Waals surface area (Å²) in [5, 5.41) is 3.01. The predicted molar refractivity (Wildman–Crippen MR) is 76.5 cm³/mol. The highest BCUT2D eigenvalue weighted by Crippen LogP contribution is 2.14. The van der Waals surface area contributed by atoms with Crippen LogP contribution >= 0.6 is 0 Å². The smallest absolute Gasteiger partial charge is 0.218 e. The highest BCUT2D eigenvalue weighted by Gasteiger charge is 2.05. The summed E-state index contributed by atoms with van der Waals surface area (Å²) in [6, 6.07) is 1.81. The van der Waals surface area contributed by atoms with E-state index in [1.807, 2.05) is 20.0 Å². The van der Waals surface area contributed by atoms with Gasteiger partial charge in [-0.2, -0.15) is 4.98 Å². The summed E-state index contributed by atoms with van der Waals surface area (Å²) < 4.78 is 11.0. The van der Waals surface area contributed by atoms with E-state index >= 15 is 0 Å². The van der Waals surface area contributed by atoms with Gasteiger partial charge in [0.2, 0.25) is 5.88 Å². The molecule has 0 saturated carbocycles. The van der Waals surface area contributed by atoms with Crippen LogP contribution in [-0.2, 0) is 11.3 Å². The Labute approximate surface area is 115 Å².